The van der Waals surface area contributed by atoms with Crippen molar-refractivity contribution >= 4 is 23.6 Å². The van der Waals surface area contributed by atoms with Crippen molar-refractivity contribution in [2.24, 2.45) is 5.92 Å². The van der Waals surface area contributed by atoms with Gasteiger partial charge >= 0.3 is 0 Å². The third kappa shape index (κ3) is 8.67. The summed E-state index contributed by atoms with van der Waals surface area (Å²) in [7, 11) is 1.68. The molecule has 2 aromatic rings. The molecular weight excluding hydrogens is 546 g/mol. The van der Waals surface area contributed by atoms with Crippen LogP contribution in [0.2, 0.25) is 0 Å². The van der Waals surface area contributed by atoms with Crippen LogP contribution in [0.3, 0.4) is 0 Å². The molecular formula is C33H43N5O5. The highest BCUT2D eigenvalue weighted by atomic mass is 16.3. The Bertz CT molecular complexity index is 1280. The molecule has 1 aliphatic carbocycles. The van der Waals surface area contributed by atoms with Crippen LogP contribution in [-0.2, 0) is 32.0 Å². The Hall–Kier alpha value is -4.18. The standard InChI is InChI=1S/C33H43N5O5/c1-23(34-2)31(41)36-30(26-11-7-4-8-12-26)32(42)35-22-29(40)38-20-19-37(18-17-24-9-5-3-6-10-24)33(43)28(38)21-25-13-15-27(39)16-14-25/h3,5-6,9-10,13-16,19-20,23,26,28,30,34,39H,4,7-8,11-12,17-18,21-22H2,1-2H3,(H,35,42)(H,36,41)/t23-,28-,30-/m0/s1. The summed E-state index contributed by atoms with van der Waals surface area (Å²) >= 11 is 0. The Morgan fingerprint density at radius 3 is 2.30 bits per heavy atom. The van der Waals surface area contributed by atoms with E-state index in [4.69, 9.17) is 0 Å². The first-order chi connectivity index (χ1) is 20.8. The number of nitrogens with one attached hydrogen (secondary N) is 3. The molecule has 1 saturated carbocycles. The SMILES string of the molecule is CN[C@@H](C)C(=O)N[C@H](C(=O)NCC(=O)N1C=CN(CCc2ccccc2)C(=O)[C@@H]1Cc1ccc(O)cc1)C1CCCCC1. The Morgan fingerprint density at radius 1 is 0.930 bits per heavy atom. The van der Waals surface area contributed by atoms with E-state index < -0.39 is 29.9 Å². The van der Waals surface area contributed by atoms with E-state index in [1.165, 1.54) is 4.90 Å². The van der Waals surface area contributed by atoms with E-state index in [2.05, 4.69) is 16.0 Å². The predicted octanol–water partition coefficient (Wildman–Crippen LogP) is 2.48. The summed E-state index contributed by atoms with van der Waals surface area (Å²) in [5.41, 5.74) is 1.89. The molecule has 1 aliphatic heterocycles. The van der Waals surface area contributed by atoms with Crippen LogP contribution >= 0.6 is 0 Å². The van der Waals surface area contributed by atoms with Gasteiger partial charge < -0.3 is 30.9 Å². The highest BCUT2D eigenvalue weighted by molar-refractivity contribution is 5.94. The predicted molar refractivity (Wildman–Crippen MR) is 163 cm³/mol. The Kier molecular flexibility index (Phi) is 11.3. The minimum atomic E-state index is -0.819. The van der Waals surface area contributed by atoms with Gasteiger partial charge in [-0.25, -0.2) is 0 Å². The van der Waals surface area contributed by atoms with E-state index in [-0.39, 0.29) is 36.4 Å². The second-order valence-electron chi connectivity index (χ2n) is 11.4. The van der Waals surface area contributed by atoms with Crippen LogP contribution in [0, 0.1) is 5.92 Å². The quantitative estimate of drug-likeness (QED) is 0.301. The van der Waals surface area contributed by atoms with E-state index in [1.807, 2.05) is 30.3 Å². The van der Waals surface area contributed by atoms with Crippen molar-refractivity contribution in [3.05, 3.63) is 78.1 Å². The molecule has 0 aromatic heterocycles. The van der Waals surface area contributed by atoms with Crippen LogP contribution < -0.4 is 16.0 Å². The van der Waals surface area contributed by atoms with Gasteiger partial charge in [-0.05, 0) is 62.4 Å². The summed E-state index contributed by atoms with van der Waals surface area (Å²) in [5.74, 6) is -1.21. The molecule has 0 bridgehead atoms. The van der Waals surface area contributed by atoms with Crippen molar-refractivity contribution in [2.45, 2.75) is 70.0 Å². The van der Waals surface area contributed by atoms with Gasteiger partial charge in [0.05, 0.1) is 12.6 Å². The van der Waals surface area contributed by atoms with Gasteiger partial charge in [-0.2, -0.15) is 0 Å². The van der Waals surface area contributed by atoms with Crippen LogP contribution in [0.1, 0.15) is 50.2 Å². The van der Waals surface area contributed by atoms with E-state index in [1.54, 1.807) is 55.5 Å². The fourth-order valence-electron chi connectivity index (χ4n) is 5.66. The number of phenolic OH excluding ortho intramolecular Hbond substituents is 1. The molecule has 230 valence electrons. The molecule has 0 saturated heterocycles. The molecule has 1 fully saturated rings. The lowest BCUT2D eigenvalue weighted by Gasteiger charge is -2.36. The smallest absolute Gasteiger partial charge is 0.250 e. The highest BCUT2D eigenvalue weighted by Gasteiger charge is 2.36. The van der Waals surface area contributed by atoms with Crippen molar-refractivity contribution in [3.8, 4) is 5.75 Å². The largest absolute Gasteiger partial charge is 0.508 e. The van der Waals surface area contributed by atoms with E-state index >= 15 is 0 Å². The van der Waals surface area contributed by atoms with Crippen LogP contribution in [0.15, 0.2) is 67.0 Å². The summed E-state index contributed by atoms with van der Waals surface area (Å²) in [5, 5.41) is 18.3. The number of carbonyl (C=O) groups is 4. The van der Waals surface area contributed by atoms with Gasteiger partial charge in [0.25, 0.3) is 0 Å². The number of rotatable bonds is 12. The number of likely N-dealkylation sites (N-methyl/N-ethyl adjacent to an activating group) is 1. The molecule has 1 heterocycles. The molecule has 0 unspecified atom stereocenters. The van der Waals surface area contributed by atoms with Crippen molar-refractivity contribution in [1.29, 1.82) is 0 Å². The molecule has 0 radical (unpaired) electrons. The third-order valence-corrected chi connectivity index (χ3v) is 8.39. The second-order valence-corrected chi connectivity index (χ2v) is 11.4. The lowest BCUT2D eigenvalue weighted by molar-refractivity contribution is -0.143. The topological polar surface area (TPSA) is 131 Å². The number of aromatic hydroxyl groups is 1. The Labute approximate surface area is 253 Å². The number of amides is 4. The number of hydrogen-bond donors (Lipinski definition) is 4. The van der Waals surface area contributed by atoms with Crippen LogP contribution in [0.5, 0.6) is 5.75 Å². The molecule has 0 spiro atoms. The first-order valence-corrected chi connectivity index (χ1v) is 15.1. The molecule has 4 amide bonds. The van der Waals surface area contributed by atoms with Gasteiger partial charge in [-0.3, -0.25) is 19.2 Å². The van der Waals surface area contributed by atoms with Gasteiger partial charge in [0.1, 0.15) is 17.8 Å². The van der Waals surface area contributed by atoms with Gasteiger partial charge in [0.15, 0.2) is 0 Å². The Morgan fingerprint density at radius 2 is 1.63 bits per heavy atom. The van der Waals surface area contributed by atoms with Crippen LogP contribution in [0.25, 0.3) is 0 Å². The van der Waals surface area contributed by atoms with Crippen LogP contribution in [0.4, 0.5) is 0 Å². The minimum Gasteiger partial charge on any atom is -0.508 e. The van der Waals surface area contributed by atoms with Crippen LogP contribution in [-0.4, -0.2) is 76.8 Å². The van der Waals surface area contributed by atoms with Gasteiger partial charge in [-0.1, -0.05) is 61.7 Å². The molecule has 43 heavy (non-hydrogen) atoms. The number of phenols is 1. The fraction of sp³-hybridized carbons (Fsp3) is 0.455. The lowest BCUT2D eigenvalue weighted by Crippen LogP contribution is -2.57. The zero-order chi connectivity index (χ0) is 30.8. The monoisotopic (exact) mass is 589 g/mol. The maximum atomic E-state index is 13.7. The molecule has 4 rings (SSSR count). The Balaban J connectivity index is 1.47. The van der Waals surface area contributed by atoms with E-state index in [0.717, 1.165) is 43.2 Å². The second kappa shape index (κ2) is 15.3. The van der Waals surface area contributed by atoms with Gasteiger partial charge in [0.2, 0.25) is 23.6 Å². The molecule has 3 atom stereocenters. The average Bonchev–Trinajstić information content (AvgIpc) is 3.04. The average molecular weight is 590 g/mol. The van der Waals surface area contributed by atoms with E-state index in [0.29, 0.717) is 13.0 Å². The molecule has 2 aromatic carbocycles. The first kappa shape index (κ1) is 31.7. The first-order valence-electron chi connectivity index (χ1n) is 15.1. The van der Waals surface area contributed by atoms with Gasteiger partial charge in [-0.15, -0.1) is 0 Å². The summed E-state index contributed by atoms with van der Waals surface area (Å²) in [6.07, 6.45) is 8.86. The van der Waals surface area contributed by atoms with Crippen molar-refractivity contribution < 1.29 is 24.3 Å². The minimum absolute atomic E-state index is 0.00580. The van der Waals surface area contributed by atoms with Gasteiger partial charge in [0, 0.05) is 25.4 Å². The molecule has 10 heteroatoms. The van der Waals surface area contributed by atoms with Crippen molar-refractivity contribution in [1.82, 2.24) is 25.8 Å². The summed E-state index contributed by atoms with van der Waals surface area (Å²) in [6.45, 7) is 1.87. The number of carbonyl (C=O) groups excluding carboxylic acids is 4. The number of hydrogen-bond acceptors (Lipinski definition) is 6. The zero-order valence-corrected chi connectivity index (χ0v) is 25.0. The van der Waals surface area contributed by atoms with Crippen molar-refractivity contribution in [3.63, 3.8) is 0 Å². The summed E-state index contributed by atoms with van der Waals surface area (Å²) in [4.78, 5) is 56.3. The maximum Gasteiger partial charge on any atom is 0.250 e. The van der Waals surface area contributed by atoms with E-state index in [9.17, 15) is 24.3 Å². The maximum absolute atomic E-state index is 13.7. The molecule has 4 N–H and O–H groups in total. The normalized spacial score (nSPS) is 18.7. The molecule has 10 nitrogen and oxygen atoms in total. The number of nitrogens with zero attached hydrogens (tertiary/aromatic N) is 2. The zero-order valence-electron chi connectivity index (χ0n) is 25.0. The van der Waals surface area contributed by atoms with Crippen molar-refractivity contribution in [2.75, 3.05) is 20.1 Å². The summed E-state index contributed by atoms with van der Waals surface area (Å²) in [6, 6.07) is 14.4. The summed E-state index contributed by atoms with van der Waals surface area (Å²) < 4.78 is 0. The highest BCUT2D eigenvalue weighted by Crippen LogP contribution is 2.27. The molecule has 2 aliphatic rings. The number of benzene rings is 2. The fourth-order valence-corrected chi connectivity index (χ4v) is 5.66. The third-order valence-electron chi connectivity index (χ3n) is 8.39. The lowest BCUT2D eigenvalue weighted by atomic mass is 9.83.